The summed E-state index contributed by atoms with van der Waals surface area (Å²) in [6, 6.07) is 0. The first-order valence-corrected chi connectivity index (χ1v) is 5.23. The van der Waals surface area contributed by atoms with Crippen molar-refractivity contribution in [2.24, 2.45) is 0 Å². The number of hydrogen-bond acceptors (Lipinski definition) is 5. The number of carbonyl (C=O) groups is 2. The van der Waals surface area contributed by atoms with Crippen LogP contribution in [-0.4, -0.2) is 36.9 Å². The number of unbranched alkanes of at least 4 members (excludes halogenated alkanes) is 1. The fourth-order valence-corrected chi connectivity index (χ4v) is 0.939. The van der Waals surface area contributed by atoms with E-state index in [9.17, 15) is 9.59 Å². The molecule has 5 heteroatoms. The molecule has 0 spiro atoms. The minimum atomic E-state index is -0.592. The van der Waals surface area contributed by atoms with E-state index in [0.29, 0.717) is 12.8 Å². The molecular weight excluding hydrogens is 212 g/mol. The third kappa shape index (κ3) is 7.00. The topological polar surface area (TPSA) is 72.8 Å². The zero-order chi connectivity index (χ0) is 12.4. The van der Waals surface area contributed by atoms with Gasteiger partial charge < -0.3 is 14.6 Å². The second-order valence-electron chi connectivity index (χ2n) is 3.15. The number of rotatable bonds is 8. The van der Waals surface area contributed by atoms with Crippen molar-refractivity contribution in [1.82, 2.24) is 0 Å². The molecule has 0 saturated carbocycles. The third-order valence-electron chi connectivity index (χ3n) is 1.74. The van der Waals surface area contributed by atoms with E-state index in [4.69, 9.17) is 9.84 Å². The maximum absolute atomic E-state index is 11.3. The van der Waals surface area contributed by atoms with Gasteiger partial charge in [0.25, 0.3) is 0 Å². The largest absolute Gasteiger partial charge is 0.466 e. The number of esters is 2. The van der Waals surface area contributed by atoms with Crippen molar-refractivity contribution in [2.45, 2.75) is 26.2 Å². The van der Waals surface area contributed by atoms with E-state index in [1.165, 1.54) is 0 Å². The first-order valence-electron chi connectivity index (χ1n) is 5.23. The standard InChI is InChI=1S/C11H18O5/c1-3-15-10(13)8-9(2)11(14)16-7-5-4-6-12/h12H,2-8H2,1H3. The molecule has 0 radical (unpaired) electrons. The average molecular weight is 230 g/mol. The summed E-state index contributed by atoms with van der Waals surface area (Å²) in [6.45, 7) is 5.71. The van der Waals surface area contributed by atoms with E-state index in [2.05, 4.69) is 11.3 Å². The van der Waals surface area contributed by atoms with Gasteiger partial charge in [0.15, 0.2) is 0 Å². The Balaban J connectivity index is 3.73. The lowest BCUT2D eigenvalue weighted by atomic mass is 10.2. The molecule has 0 aromatic rings. The summed E-state index contributed by atoms with van der Waals surface area (Å²) < 4.78 is 9.49. The SMILES string of the molecule is C=C(CC(=O)OCC)C(=O)OCCCCO. The van der Waals surface area contributed by atoms with E-state index in [-0.39, 0.29) is 31.8 Å². The lowest BCUT2D eigenvalue weighted by molar-refractivity contribution is -0.146. The van der Waals surface area contributed by atoms with Gasteiger partial charge in [0.05, 0.1) is 19.6 Å². The van der Waals surface area contributed by atoms with Crippen LogP contribution in [0.25, 0.3) is 0 Å². The predicted octanol–water partition coefficient (Wildman–Crippen LogP) is 0.811. The van der Waals surface area contributed by atoms with Crippen molar-refractivity contribution in [3.8, 4) is 0 Å². The molecule has 0 fully saturated rings. The molecule has 0 atom stereocenters. The fourth-order valence-electron chi connectivity index (χ4n) is 0.939. The van der Waals surface area contributed by atoms with Crippen LogP contribution in [0.1, 0.15) is 26.2 Å². The molecule has 1 N–H and O–H groups in total. The van der Waals surface area contributed by atoms with Crippen LogP contribution < -0.4 is 0 Å². The molecule has 0 aromatic heterocycles. The molecule has 0 aromatic carbocycles. The highest BCUT2D eigenvalue weighted by Gasteiger charge is 2.13. The first kappa shape index (κ1) is 14.6. The molecule has 0 aliphatic rings. The average Bonchev–Trinajstić information content (AvgIpc) is 2.24. The molecule has 0 saturated heterocycles. The first-order chi connectivity index (χ1) is 7.61. The summed E-state index contributed by atoms with van der Waals surface area (Å²) >= 11 is 0. The predicted molar refractivity (Wildman–Crippen MR) is 57.7 cm³/mol. The summed E-state index contributed by atoms with van der Waals surface area (Å²) in [5.74, 6) is -1.08. The highest BCUT2D eigenvalue weighted by Crippen LogP contribution is 2.03. The quantitative estimate of drug-likeness (QED) is 0.379. The molecule has 0 rings (SSSR count). The molecular formula is C11H18O5. The Morgan fingerprint density at radius 1 is 1.25 bits per heavy atom. The Morgan fingerprint density at radius 3 is 2.50 bits per heavy atom. The van der Waals surface area contributed by atoms with Gasteiger partial charge >= 0.3 is 11.9 Å². The molecule has 0 aliphatic carbocycles. The van der Waals surface area contributed by atoms with Crippen LogP contribution in [-0.2, 0) is 19.1 Å². The smallest absolute Gasteiger partial charge is 0.333 e. The number of hydrogen-bond donors (Lipinski definition) is 1. The van der Waals surface area contributed by atoms with Gasteiger partial charge in [-0.1, -0.05) is 6.58 Å². The summed E-state index contributed by atoms with van der Waals surface area (Å²) in [5, 5.41) is 8.50. The third-order valence-corrected chi connectivity index (χ3v) is 1.74. The van der Waals surface area contributed by atoms with Gasteiger partial charge in [-0.2, -0.15) is 0 Å². The Bertz CT molecular complexity index is 247. The minimum absolute atomic E-state index is 0.0708. The van der Waals surface area contributed by atoms with Crippen molar-refractivity contribution in [3.63, 3.8) is 0 Å². The van der Waals surface area contributed by atoms with Gasteiger partial charge in [-0.25, -0.2) is 4.79 Å². The van der Waals surface area contributed by atoms with Crippen molar-refractivity contribution >= 4 is 11.9 Å². The monoisotopic (exact) mass is 230 g/mol. The summed E-state index contributed by atoms with van der Waals surface area (Å²) in [7, 11) is 0. The van der Waals surface area contributed by atoms with Gasteiger partial charge in [0.2, 0.25) is 0 Å². The molecule has 0 bridgehead atoms. The van der Waals surface area contributed by atoms with Crippen molar-refractivity contribution in [1.29, 1.82) is 0 Å². The molecule has 0 unspecified atom stereocenters. The Hall–Kier alpha value is -1.36. The molecule has 0 aliphatic heterocycles. The molecule has 92 valence electrons. The van der Waals surface area contributed by atoms with Crippen LogP contribution in [0.2, 0.25) is 0 Å². The molecule has 0 amide bonds. The molecule has 0 heterocycles. The number of aliphatic hydroxyl groups excluding tert-OH is 1. The molecule has 16 heavy (non-hydrogen) atoms. The zero-order valence-corrected chi connectivity index (χ0v) is 9.53. The Kier molecular flexibility index (Phi) is 8.15. The van der Waals surface area contributed by atoms with E-state index >= 15 is 0 Å². The zero-order valence-electron chi connectivity index (χ0n) is 9.53. The summed E-state index contributed by atoms with van der Waals surface area (Å²) in [4.78, 5) is 22.3. The van der Waals surface area contributed by atoms with Crippen LogP contribution in [0.4, 0.5) is 0 Å². The number of aliphatic hydroxyl groups is 1. The van der Waals surface area contributed by atoms with Crippen LogP contribution in [0.15, 0.2) is 12.2 Å². The van der Waals surface area contributed by atoms with Crippen LogP contribution in [0, 0.1) is 0 Å². The highest BCUT2D eigenvalue weighted by atomic mass is 16.5. The van der Waals surface area contributed by atoms with Crippen LogP contribution in [0.5, 0.6) is 0 Å². The normalized spacial score (nSPS) is 9.62. The Morgan fingerprint density at radius 2 is 1.94 bits per heavy atom. The summed E-state index contributed by atoms with van der Waals surface area (Å²) in [5.41, 5.74) is 0.0856. The maximum atomic E-state index is 11.3. The molecule has 5 nitrogen and oxygen atoms in total. The second-order valence-corrected chi connectivity index (χ2v) is 3.15. The van der Waals surface area contributed by atoms with Crippen LogP contribution >= 0.6 is 0 Å². The van der Waals surface area contributed by atoms with E-state index in [0.717, 1.165) is 0 Å². The van der Waals surface area contributed by atoms with Gasteiger partial charge in [0.1, 0.15) is 0 Å². The van der Waals surface area contributed by atoms with Crippen molar-refractivity contribution in [3.05, 3.63) is 12.2 Å². The number of ether oxygens (including phenoxy) is 2. The van der Waals surface area contributed by atoms with E-state index < -0.39 is 11.9 Å². The van der Waals surface area contributed by atoms with Gasteiger partial charge in [0, 0.05) is 12.2 Å². The lowest BCUT2D eigenvalue weighted by Gasteiger charge is -2.06. The summed E-state index contributed by atoms with van der Waals surface area (Å²) in [6.07, 6.45) is 1.03. The second kappa shape index (κ2) is 8.91. The van der Waals surface area contributed by atoms with Gasteiger partial charge in [-0.05, 0) is 19.8 Å². The van der Waals surface area contributed by atoms with Crippen molar-refractivity contribution < 1.29 is 24.2 Å². The van der Waals surface area contributed by atoms with Crippen LogP contribution in [0.3, 0.4) is 0 Å². The lowest BCUT2D eigenvalue weighted by Crippen LogP contribution is -2.13. The highest BCUT2D eigenvalue weighted by molar-refractivity contribution is 5.93. The van der Waals surface area contributed by atoms with E-state index in [1.54, 1.807) is 6.92 Å². The minimum Gasteiger partial charge on any atom is -0.466 e. The van der Waals surface area contributed by atoms with Gasteiger partial charge in [-0.3, -0.25) is 4.79 Å². The number of carbonyl (C=O) groups excluding carboxylic acids is 2. The maximum Gasteiger partial charge on any atom is 0.333 e. The fraction of sp³-hybridized carbons (Fsp3) is 0.636. The van der Waals surface area contributed by atoms with E-state index in [1.807, 2.05) is 0 Å². The Labute approximate surface area is 95.0 Å². The van der Waals surface area contributed by atoms with Crippen molar-refractivity contribution in [2.75, 3.05) is 19.8 Å². The van der Waals surface area contributed by atoms with Gasteiger partial charge in [-0.15, -0.1) is 0 Å².